The lowest BCUT2D eigenvalue weighted by atomic mass is 10.1. The van der Waals surface area contributed by atoms with Crippen LogP contribution >= 0.6 is 11.3 Å². The molecule has 0 aliphatic carbocycles. The Morgan fingerprint density at radius 3 is 2.55 bits per heavy atom. The van der Waals surface area contributed by atoms with Crippen molar-refractivity contribution in [1.82, 2.24) is 10.3 Å². The van der Waals surface area contributed by atoms with Crippen molar-refractivity contribution < 1.29 is 4.79 Å². The summed E-state index contributed by atoms with van der Waals surface area (Å²) in [5.74, 6) is -0.00706. The molecule has 1 amide bonds. The topological polar surface area (TPSA) is 42.0 Å². The summed E-state index contributed by atoms with van der Waals surface area (Å²) in [5.41, 5.74) is 3.19. The Bertz CT molecular complexity index is 631. The van der Waals surface area contributed by atoms with Gasteiger partial charge in [0.15, 0.2) is 0 Å². The van der Waals surface area contributed by atoms with Gasteiger partial charge in [0.25, 0.3) is 5.91 Å². The third kappa shape index (κ3) is 3.95. The predicted octanol–water partition coefficient (Wildman–Crippen LogP) is 4.60. The third-order valence-electron chi connectivity index (χ3n) is 3.71. The van der Waals surface area contributed by atoms with Crippen molar-refractivity contribution in [1.29, 1.82) is 0 Å². The van der Waals surface area contributed by atoms with E-state index >= 15 is 0 Å². The molecule has 2 aromatic rings. The number of amides is 1. The largest absolute Gasteiger partial charge is 0.349 e. The van der Waals surface area contributed by atoms with Crippen molar-refractivity contribution in [3.05, 3.63) is 40.4 Å². The van der Waals surface area contributed by atoms with Crippen LogP contribution in [0.3, 0.4) is 0 Å². The molecule has 0 saturated carbocycles. The molecule has 3 nitrogen and oxygen atoms in total. The van der Waals surface area contributed by atoms with Crippen LogP contribution in [0.15, 0.2) is 24.3 Å². The van der Waals surface area contributed by atoms with Gasteiger partial charge in [0.1, 0.15) is 9.88 Å². The Labute approximate surface area is 136 Å². The Morgan fingerprint density at radius 1 is 1.27 bits per heavy atom. The van der Waals surface area contributed by atoms with Gasteiger partial charge in [-0.25, -0.2) is 4.98 Å². The van der Waals surface area contributed by atoms with Crippen LogP contribution in [0.1, 0.15) is 54.5 Å². The maximum Gasteiger partial charge on any atom is 0.263 e. The maximum atomic E-state index is 12.4. The van der Waals surface area contributed by atoms with Crippen molar-refractivity contribution in [2.45, 2.75) is 53.0 Å². The molecule has 0 aliphatic heterocycles. The van der Waals surface area contributed by atoms with Crippen LogP contribution in [0.5, 0.6) is 0 Å². The van der Waals surface area contributed by atoms with Gasteiger partial charge >= 0.3 is 0 Å². The highest BCUT2D eigenvalue weighted by molar-refractivity contribution is 7.17. The van der Waals surface area contributed by atoms with Gasteiger partial charge in [-0.3, -0.25) is 4.79 Å². The molecule has 0 radical (unpaired) electrons. The molecule has 0 saturated heterocycles. The molecule has 0 fully saturated rings. The number of carbonyl (C=O) groups is 1. The van der Waals surface area contributed by atoms with Gasteiger partial charge in [-0.05, 0) is 32.3 Å². The van der Waals surface area contributed by atoms with Crippen LogP contribution in [0.2, 0.25) is 0 Å². The highest BCUT2D eigenvalue weighted by atomic mass is 32.1. The van der Waals surface area contributed by atoms with E-state index in [0.29, 0.717) is 0 Å². The van der Waals surface area contributed by atoms with Crippen molar-refractivity contribution in [3.8, 4) is 10.6 Å². The molecule has 2 rings (SSSR count). The van der Waals surface area contributed by atoms with Crippen LogP contribution in [-0.2, 0) is 6.42 Å². The fourth-order valence-electron chi connectivity index (χ4n) is 2.41. The minimum atomic E-state index is -0.00706. The minimum Gasteiger partial charge on any atom is -0.349 e. The summed E-state index contributed by atoms with van der Waals surface area (Å²) in [5, 5.41) is 3.96. The van der Waals surface area contributed by atoms with E-state index < -0.39 is 0 Å². The van der Waals surface area contributed by atoms with Gasteiger partial charge in [-0.15, -0.1) is 11.3 Å². The molecule has 0 spiro atoms. The SMILES string of the molecule is CCCC(C)NC(=O)c1sc(-c2ccc(CC)cc2)nc1C. The molecule has 0 aliphatic rings. The standard InChI is InChI=1S/C18H24N2OS/c1-5-7-12(3)19-17(21)16-13(4)20-18(22-16)15-10-8-14(6-2)9-11-15/h8-12H,5-7H2,1-4H3,(H,19,21). The molecule has 118 valence electrons. The van der Waals surface area contributed by atoms with E-state index in [-0.39, 0.29) is 11.9 Å². The molecule has 4 heteroatoms. The molecule has 1 aromatic heterocycles. The molecule has 1 heterocycles. The number of hydrogen-bond donors (Lipinski definition) is 1. The zero-order valence-electron chi connectivity index (χ0n) is 13.8. The van der Waals surface area contributed by atoms with Crippen LogP contribution in [0.25, 0.3) is 10.6 Å². The average Bonchev–Trinajstić information content (AvgIpc) is 2.89. The number of aryl methyl sites for hydroxylation is 2. The number of hydrogen-bond acceptors (Lipinski definition) is 3. The van der Waals surface area contributed by atoms with Gasteiger partial charge in [-0.1, -0.05) is 44.5 Å². The van der Waals surface area contributed by atoms with E-state index in [1.807, 2.05) is 13.8 Å². The molecule has 22 heavy (non-hydrogen) atoms. The first-order valence-corrected chi connectivity index (χ1v) is 8.74. The van der Waals surface area contributed by atoms with Crippen molar-refractivity contribution in [2.75, 3.05) is 0 Å². The summed E-state index contributed by atoms with van der Waals surface area (Å²) in [6, 6.07) is 8.60. The van der Waals surface area contributed by atoms with Crippen molar-refractivity contribution in [2.24, 2.45) is 0 Å². The van der Waals surface area contributed by atoms with Crippen LogP contribution in [0, 0.1) is 6.92 Å². The van der Waals surface area contributed by atoms with Crippen molar-refractivity contribution >= 4 is 17.2 Å². The van der Waals surface area contributed by atoms with Crippen molar-refractivity contribution in [3.63, 3.8) is 0 Å². The fraction of sp³-hybridized carbons (Fsp3) is 0.444. The van der Waals surface area contributed by atoms with E-state index in [0.717, 1.165) is 40.4 Å². The summed E-state index contributed by atoms with van der Waals surface area (Å²) in [6.45, 7) is 8.21. The summed E-state index contributed by atoms with van der Waals surface area (Å²) < 4.78 is 0. The van der Waals surface area contributed by atoms with Gasteiger partial charge in [0, 0.05) is 11.6 Å². The number of carbonyl (C=O) groups excluding carboxylic acids is 1. The third-order valence-corrected chi connectivity index (χ3v) is 4.92. The van der Waals surface area contributed by atoms with E-state index in [9.17, 15) is 4.79 Å². The normalized spacial score (nSPS) is 12.2. The zero-order valence-corrected chi connectivity index (χ0v) is 14.6. The number of aromatic nitrogens is 1. The summed E-state index contributed by atoms with van der Waals surface area (Å²) in [7, 11) is 0. The van der Waals surface area contributed by atoms with Gasteiger partial charge in [-0.2, -0.15) is 0 Å². The highest BCUT2D eigenvalue weighted by Gasteiger charge is 2.17. The predicted molar refractivity (Wildman–Crippen MR) is 93.5 cm³/mol. The summed E-state index contributed by atoms with van der Waals surface area (Å²) in [4.78, 5) is 17.6. The number of thiazole rings is 1. The summed E-state index contributed by atoms with van der Waals surface area (Å²) >= 11 is 1.47. The Balaban J connectivity index is 2.18. The quantitative estimate of drug-likeness (QED) is 0.846. The maximum absolute atomic E-state index is 12.4. The number of nitrogens with one attached hydrogen (secondary N) is 1. The molecule has 1 unspecified atom stereocenters. The van der Waals surface area contributed by atoms with E-state index in [2.05, 4.69) is 48.4 Å². The number of nitrogens with zero attached hydrogens (tertiary/aromatic N) is 1. The smallest absolute Gasteiger partial charge is 0.263 e. The van der Waals surface area contributed by atoms with Crippen LogP contribution in [-0.4, -0.2) is 16.9 Å². The van der Waals surface area contributed by atoms with Gasteiger partial charge in [0.2, 0.25) is 0 Å². The first kappa shape index (κ1) is 16.7. The zero-order chi connectivity index (χ0) is 16.1. The highest BCUT2D eigenvalue weighted by Crippen LogP contribution is 2.28. The molecule has 0 bridgehead atoms. The Hall–Kier alpha value is -1.68. The molecule has 1 N–H and O–H groups in total. The second-order valence-electron chi connectivity index (χ2n) is 5.65. The molecular formula is C18H24N2OS. The second-order valence-corrected chi connectivity index (χ2v) is 6.65. The lowest BCUT2D eigenvalue weighted by molar-refractivity contribution is 0.0941. The van der Waals surface area contributed by atoms with Crippen LogP contribution < -0.4 is 5.32 Å². The van der Waals surface area contributed by atoms with Gasteiger partial charge in [0.05, 0.1) is 5.69 Å². The number of benzene rings is 1. The first-order valence-electron chi connectivity index (χ1n) is 7.92. The lowest BCUT2D eigenvalue weighted by Crippen LogP contribution is -2.32. The Morgan fingerprint density at radius 2 is 1.95 bits per heavy atom. The van der Waals surface area contributed by atoms with E-state index in [1.165, 1.54) is 16.9 Å². The second kappa shape index (κ2) is 7.54. The van der Waals surface area contributed by atoms with E-state index in [4.69, 9.17) is 0 Å². The molecule has 1 atom stereocenters. The number of rotatable bonds is 6. The molecular weight excluding hydrogens is 292 g/mol. The lowest BCUT2D eigenvalue weighted by Gasteiger charge is -2.11. The summed E-state index contributed by atoms with van der Waals surface area (Å²) in [6.07, 6.45) is 3.09. The van der Waals surface area contributed by atoms with E-state index in [1.54, 1.807) is 0 Å². The fourth-order valence-corrected chi connectivity index (χ4v) is 3.38. The first-order chi connectivity index (χ1) is 10.5. The average molecular weight is 316 g/mol. The Kier molecular flexibility index (Phi) is 5.72. The van der Waals surface area contributed by atoms with Gasteiger partial charge < -0.3 is 5.32 Å². The minimum absolute atomic E-state index is 0.00706. The van der Waals surface area contributed by atoms with Crippen LogP contribution in [0.4, 0.5) is 0 Å². The molecule has 1 aromatic carbocycles. The monoisotopic (exact) mass is 316 g/mol.